The second-order valence-corrected chi connectivity index (χ2v) is 9.37. The zero-order valence-corrected chi connectivity index (χ0v) is 20.7. The maximum Gasteiger partial charge on any atom is 0.255 e. The summed E-state index contributed by atoms with van der Waals surface area (Å²) in [5, 5.41) is 5.91. The van der Waals surface area contributed by atoms with Gasteiger partial charge in [0.15, 0.2) is 0 Å². The van der Waals surface area contributed by atoms with Crippen molar-refractivity contribution in [3.8, 4) is 0 Å². The van der Waals surface area contributed by atoms with Gasteiger partial charge in [-0.15, -0.1) is 0 Å². The molecule has 1 aliphatic heterocycles. The van der Waals surface area contributed by atoms with Crippen molar-refractivity contribution in [3.05, 3.63) is 101 Å². The van der Waals surface area contributed by atoms with Gasteiger partial charge in [-0.25, -0.2) is 0 Å². The number of carbonyl (C=O) groups is 3. The molecule has 6 heteroatoms. The minimum atomic E-state index is -0.192. The van der Waals surface area contributed by atoms with Crippen LogP contribution in [0.2, 0.25) is 0 Å². The summed E-state index contributed by atoms with van der Waals surface area (Å²) >= 11 is 0. The van der Waals surface area contributed by atoms with Crippen LogP contribution in [0.3, 0.4) is 0 Å². The Morgan fingerprint density at radius 2 is 1.58 bits per heavy atom. The molecule has 1 heterocycles. The highest BCUT2D eigenvalue weighted by molar-refractivity contribution is 6.04. The second-order valence-electron chi connectivity index (χ2n) is 9.37. The van der Waals surface area contributed by atoms with E-state index in [0.29, 0.717) is 36.4 Å². The number of nitrogens with one attached hydrogen (secondary N) is 2. The van der Waals surface area contributed by atoms with Gasteiger partial charge in [-0.05, 0) is 74.6 Å². The van der Waals surface area contributed by atoms with Gasteiger partial charge in [-0.1, -0.05) is 48.0 Å². The van der Waals surface area contributed by atoms with Crippen molar-refractivity contribution in [2.45, 2.75) is 32.6 Å². The van der Waals surface area contributed by atoms with Crippen molar-refractivity contribution in [1.29, 1.82) is 0 Å². The molecule has 0 bridgehead atoms. The van der Waals surface area contributed by atoms with Gasteiger partial charge in [0.1, 0.15) is 0 Å². The highest BCUT2D eigenvalue weighted by Crippen LogP contribution is 2.20. The lowest BCUT2D eigenvalue weighted by molar-refractivity contribution is -0.126. The third-order valence-electron chi connectivity index (χ3n) is 6.57. The molecular formula is C30H33N3O3. The standard InChI is InChI=1S/C30H33N3O3/c1-22-11-13-24(14-12-22)29(35)32-27-17-15-25(16-18-27)30(36)33-20-6-10-26(21-33)28(34)31-19-5-9-23-7-3-2-4-8-23/h2-4,7-8,11-18,26H,5-6,9-10,19-21H2,1H3,(H,31,34)(H,32,35)/t26-/m1/s1. The van der Waals surface area contributed by atoms with E-state index in [1.165, 1.54) is 5.56 Å². The molecule has 0 aromatic heterocycles. The fraction of sp³-hybridized carbons (Fsp3) is 0.300. The van der Waals surface area contributed by atoms with Crippen molar-refractivity contribution in [2.24, 2.45) is 5.92 Å². The van der Waals surface area contributed by atoms with Crippen LogP contribution in [0.1, 0.15) is 51.1 Å². The zero-order valence-electron chi connectivity index (χ0n) is 20.7. The van der Waals surface area contributed by atoms with E-state index in [1.807, 2.05) is 37.3 Å². The Labute approximate surface area is 212 Å². The highest BCUT2D eigenvalue weighted by Gasteiger charge is 2.28. The van der Waals surface area contributed by atoms with Crippen LogP contribution in [0.15, 0.2) is 78.9 Å². The lowest BCUT2D eigenvalue weighted by Crippen LogP contribution is -2.45. The minimum Gasteiger partial charge on any atom is -0.356 e. The Kier molecular flexibility index (Phi) is 8.50. The molecule has 2 N–H and O–H groups in total. The first-order valence-electron chi connectivity index (χ1n) is 12.6. The quantitative estimate of drug-likeness (QED) is 0.450. The van der Waals surface area contributed by atoms with Crippen LogP contribution in [0, 0.1) is 12.8 Å². The Balaban J connectivity index is 1.26. The molecule has 36 heavy (non-hydrogen) atoms. The fourth-order valence-electron chi connectivity index (χ4n) is 4.46. The average molecular weight is 484 g/mol. The van der Waals surface area contributed by atoms with Crippen LogP contribution in [0.5, 0.6) is 0 Å². The molecule has 1 aliphatic rings. The molecule has 6 nitrogen and oxygen atoms in total. The molecule has 186 valence electrons. The van der Waals surface area contributed by atoms with Gasteiger partial charge in [0.05, 0.1) is 5.92 Å². The number of rotatable bonds is 8. The van der Waals surface area contributed by atoms with Crippen molar-refractivity contribution in [3.63, 3.8) is 0 Å². The highest BCUT2D eigenvalue weighted by atomic mass is 16.2. The van der Waals surface area contributed by atoms with Crippen LogP contribution < -0.4 is 10.6 Å². The van der Waals surface area contributed by atoms with Crippen molar-refractivity contribution in [1.82, 2.24) is 10.2 Å². The van der Waals surface area contributed by atoms with Crippen molar-refractivity contribution >= 4 is 23.4 Å². The van der Waals surface area contributed by atoms with Gasteiger partial charge in [0, 0.05) is 36.4 Å². The lowest BCUT2D eigenvalue weighted by Gasteiger charge is -2.32. The zero-order chi connectivity index (χ0) is 25.3. The van der Waals surface area contributed by atoms with Crippen LogP contribution in [0.25, 0.3) is 0 Å². The number of likely N-dealkylation sites (tertiary alicyclic amines) is 1. The van der Waals surface area contributed by atoms with E-state index in [4.69, 9.17) is 0 Å². The molecule has 1 atom stereocenters. The molecule has 0 saturated carbocycles. The van der Waals surface area contributed by atoms with Gasteiger partial charge in [0.2, 0.25) is 5.91 Å². The molecule has 3 amide bonds. The number of amides is 3. The van der Waals surface area contributed by atoms with Gasteiger partial charge < -0.3 is 15.5 Å². The third kappa shape index (κ3) is 6.81. The van der Waals surface area contributed by atoms with E-state index >= 15 is 0 Å². The van der Waals surface area contributed by atoms with E-state index in [0.717, 1.165) is 31.2 Å². The molecule has 0 spiro atoms. The normalized spacial score (nSPS) is 15.2. The van der Waals surface area contributed by atoms with E-state index < -0.39 is 0 Å². The molecule has 3 aromatic carbocycles. The first-order chi connectivity index (χ1) is 17.5. The van der Waals surface area contributed by atoms with Gasteiger partial charge in [0.25, 0.3) is 11.8 Å². The van der Waals surface area contributed by atoms with Crippen LogP contribution >= 0.6 is 0 Å². The van der Waals surface area contributed by atoms with Crippen LogP contribution in [-0.2, 0) is 11.2 Å². The first kappa shape index (κ1) is 25.2. The lowest BCUT2D eigenvalue weighted by atomic mass is 9.96. The van der Waals surface area contributed by atoms with Crippen molar-refractivity contribution < 1.29 is 14.4 Å². The van der Waals surface area contributed by atoms with E-state index in [-0.39, 0.29) is 23.6 Å². The largest absolute Gasteiger partial charge is 0.356 e. The van der Waals surface area contributed by atoms with E-state index in [2.05, 4.69) is 22.8 Å². The summed E-state index contributed by atoms with van der Waals surface area (Å²) in [6, 6.07) is 24.5. The Hall–Kier alpha value is -3.93. The second kappa shape index (κ2) is 12.2. The number of nitrogens with zero attached hydrogens (tertiary/aromatic N) is 1. The summed E-state index contributed by atoms with van der Waals surface area (Å²) < 4.78 is 0. The number of benzene rings is 3. The average Bonchev–Trinajstić information content (AvgIpc) is 2.92. The Morgan fingerprint density at radius 1 is 0.889 bits per heavy atom. The van der Waals surface area contributed by atoms with Gasteiger partial charge in [-0.3, -0.25) is 14.4 Å². The summed E-state index contributed by atoms with van der Waals surface area (Å²) in [6.45, 7) is 3.67. The summed E-state index contributed by atoms with van der Waals surface area (Å²) in [7, 11) is 0. The smallest absolute Gasteiger partial charge is 0.255 e. The number of hydrogen-bond donors (Lipinski definition) is 2. The minimum absolute atomic E-state index is 0.0229. The van der Waals surface area contributed by atoms with E-state index in [1.54, 1.807) is 41.3 Å². The summed E-state index contributed by atoms with van der Waals surface area (Å²) in [5.41, 5.74) is 4.12. The van der Waals surface area contributed by atoms with Gasteiger partial charge in [-0.2, -0.15) is 0 Å². The summed E-state index contributed by atoms with van der Waals surface area (Å²) in [5.74, 6) is -0.446. The molecule has 4 rings (SSSR count). The number of piperidine rings is 1. The van der Waals surface area contributed by atoms with E-state index in [9.17, 15) is 14.4 Å². The third-order valence-corrected chi connectivity index (χ3v) is 6.57. The molecule has 1 fully saturated rings. The maximum atomic E-state index is 13.1. The van der Waals surface area contributed by atoms with Gasteiger partial charge >= 0.3 is 0 Å². The predicted molar refractivity (Wildman–Crippen MR) is 142 cm³/mol. The molecule has 0 aliphatic carbocycles. The number of aryl methyl sites for hydroxylation is 2. The number of carbonyl (C=O) groups excluding carboxylic acids is 3. The number of anilines is 1. The SMILES string of the molecule is Cc1ccc(C(=O)Nc2ccc(C(=O)N3CCC[C@@H](C(=O)NCCCc4ccccc4)C3)cc2)cc1. The summed E-state index contributed by atoms with van der Waals surface area (Å²) in [6.07, 6.45) is 3.41. The fourth-order valence-corrected chi connectivity index (χ4v) is 4.46. The Bertz CT molecular complexity index is 1170. The topological polar surface area (TPSA) is 78.5 Å². The van der Waals surface area contributed by atoms with Crippen molar-refractivity contribution in [2.75, 3.05) is 25.0 Å². The van der Waals surface area contributed by atoms with Crippen LogP contribution in [0.4, 0.5) is 5.69 Å². The Morgan fingerprint density at radius 3 is 2.31 bits per heavy atom. The van der Waals surface area contributed by atoms with Crippen LogP contribution in [-0.4, -0.2) is 42.3 Å². The summed E-state index contributed by atoms with van der Waals surface area (Å²) in [4.78, 5) is 40.0. The monoisotopic (exact) mass is 483 g/mol. The predicted octanol–water partition coefficient (Wildman–Crippen LogP) is 4.85. The molecule has 3 aromatic rings. The maximum absolute atomic E-state index is 13.1. The molecule has 0 unspecified atom stereocenters. The first-order valence-corrected chi connectivity index (χ1v) is 12.6. The molecule has 0 radical (unpaired) electrons. The molecular weight excluding hydrogens is 450 g/mol. The molecule has 1 saturated heterocycles. The number of hydrogen-bond acceptors (Lipinski definition) is 3.